The van der Waals surface area contributed by atoms with E-state index < -0.39 is 0 Å². The largest absolute Gasteiger partial charge is 0.487 e. The molecule has 0 atom stereocenters. The molecule has 1 N–H and O–H groups in total. The molecular weight excluding hydrogens is 684 g/mol. The first kappa shape index (κ1) is 24.6. The van der Waals surface area contributed by atoms with Crippen molar-refractivity contribution < 1.29 is 9.53 Å². The zero-order valence-corrected chi connectivity index (χ0v) is 22.4. The number of hydrogen-bond acceptors (Lipinski definition) is 3. The van der Waals surface area contributed by atoms with Crippen molar-refractivity contribution in [3.63, 3.8) is 0 Å². The first-order valence-electron chi connectivity index (χ1n) is 8.94. The maximum Gasteiger partial charge on any atom is 0.244 e. The highest BCUT2D eigenvalue weighted by Crippen LogP contribution is 2.30. The molecule has 160 valence electrons. The molecule has 3 aromatic rings. The van der Waals surface area contributed by atoms with Gasteiger partial charge in [0.25, 0.3) is 0 Å². The van der Waals surface area contributed by atoms with Crippen LogP contribution in [0.25, 0.3) is 0 Å². The molecule has 3 aromatic carbocycles. The summed E-state index contributed by atoms with van der Waals surface area (Å²) in [6.07, 6.45) is 1.83. The van der Waals surface area contributed by atoms with E-state index >= 15 is 0 Å². The Morgan fingerprint density at radius 3 is 2.26 bits per heavy atom. The van der Waals surface area contributed by atoms with Gasteiger partial charge in [0.05, 0.1) is 19.8 Å². The predicted octanol–water partition coefficient (Wildman–Crippen LogP) is 7.13. The van der Waals surface area contributed by atoms with Crippen LogP contribution in [0.3, 0.4) is 0 Å². The first-order valence-corrected chi connectivity index (χ1v) is 12.2. The predicted molar refractivity (Wildman–Crippen MR) is 144 cm³/mol. The van der Waals surface area contributed by atoms with Crippen LogP contribution in [0, 0.1) is 7.14 Å². The number of carbonyl (C=O) groups excluding carboxylic acids is 1. The monoisotopic (exact) mass is 698 g/mol. The molecule has 0 fully saturated rings. The average Bonchev–Trinajstić information content (AvgIpc) is 2.70. The minimum atomic E-state index is -0.206. The van der Waals surface area contributed by atoms with Gasteiger partial charge in [-0.25, -0.2) is 5.43 Å². The summed E-state index contributed by atoms with van der Waals surface area (Å²) in [5.74, 6) is 0.555. The van der Waals surface area contributed by atoms with E-state index in [2.05, 4.69) is 55.7 Å². The molecular formula is C22H15Cl3I2N2O2. The van der Waals surface area contributed by atoms with Crippen molar-refractivity contribution >= 4 is 92.1 Å². The summed E-state index contributed by atoms with van der Waals surface area (Å²) in [6.45, 7) is 0.330. The fourth-order valence-electron chi connectivity index (χ4n) is 2.59. The quantitative estimate of drug-likeness (QED) is 0.162. The third-order valence-corrected chi connectivity index (χ3v) is 6.53. The van der Waals surface area contributed by atoms with Gasteiger partial charge in [0, 0.05) is 20.6 Å². The van der Waals surface area contributed by atoms with Gasteiger partial charge in [0.2, 0.25) is 5.91 Å². The molecule has 0 unspecified atom stereocenters. The van der Waals surface area contributed by atoms with E-state index in [0.717, 1.165) is 29.6 Å². The first-order chi connectivity index (χ1) is 14.8. The number of halogens is 5. The van der Waals surface area contributed by atoms with Crippen molar-refractivity contribution in [1.29, 1.82) is 0 Å². The van der Waals surface area contributed by atoms with Gasteiger partial charge in [-0.3, -0.25) is 4.79 Å². The van der Waals surface area contributed by atoms with Gasteiger partial charge in [0.1, 0.15) is 12.4 Å². The highest BCUT2D eigenvalue weighted by molar-refractivity contribution is 14.1. The van der Waals surface area contributed by atoms with E-state index in [1.807, 2.05) is 30.3 Å². The number of rotatable bonds is 7. The lowest BCUT2D eigenvalue weighted by Gasteiger charge is -2.12. The second-order valence-electron chi connectivity index (χ2n) is 6.43. The number of hydrogen-bond donors (Lipinski definition) is 1. The standard InChI is InChI=1S/C22H15Cl3I2N2O2/c23-16-4-1-13(2-5-16)9-21(30)29-28-11-14-7-19(26)22(20(27)8-14)31-12-15-3-6-17(24)10-18(15)25/h1-8,10-11H,9,12H2,(H,29,30)/b28-11-. The molecule has 9 heteroatoms. The Morgan fingerprint density at radius 2 is 1.61 bits per heavy atom. The zero-order chi connectivity index (χ0) is 22.4. The lowest BCUT2D eigenvalue weighted by Crippen LogP contribution is -2.19. The normalized spacial score (nSPS) is 11.0. The topological polar surface area (TPSA) is 50.7 Å². The van der Waals surface area contributed by atoms with Crippen molar-refractivity contribution in [3.8, 4) is 5.75 Å². The molecule has 0 spiro atoms. The summed E-state index contributed by atoms with van der Waals surface area (Å²) in [5.41, 5.74) is 5.10. The summed E-state index contributed by atoms with van der Waals surface area (Å²) < 4.78 is 7.82. The maximum absolute atomic E-state index is 12.0. The third-order valence-electron chi connectivity index (χ3n) is 4.09. The summed E-state index contributed by atoms with van der Waals surface area (Å²) in [5, 5.41) is 5.84. The van der Waals surface area contributed by atoms with E-state index in [4.69, 9.17) is 39.5 Å². The molecule has 0 saturated carbocycles. The van der Waals surface area contributed by atoms with E-state index in [1.54, 1.807) is 30.5 Å². The molecule has 0 aliphatic heterocycles. The molecule has 0 aliphatic carbocycles. The number of nitrogens with zero attached hydrogens (tertiary/aromatic N) is 1. The van der Waals surface area contributed by atoms with Crippen LogP contribution in [0.2, 0.25) is 15.1 Å². The molecule has 0 bridgehead atoms. The van der Waals surface area contributed by atoms with Crippen molar-refractivity contribution in [3.05, 3.63) is 93.5 Å². The maximum atomic E-state index is 12.0. The Morgan fingerprint density at radius 1 is 0.968 bits per heavy atom. The van der Waals surface area contributed by atoms with Gasteiger partial charge >= 0.3 is 0 Å². The number of benzene rings is 3. The molecule has 1 amide bonds. The number of amides is 1. The number of hydrazone groups is 1. The average molecular weight is 700 g/mol. The fourth-order valence-corrected chi connectivity index (χ4v) is 5.30. The minimum Gasteiger partial charge on any atom is -0.487 e. The van der Waals surface area contributed by atoms with Crippen LogP contribution in [-0.2, 0) is 17.8 Å². The van der Waals surface area contributed by atoms with Crippen LogP contribution in [-0.4, -0.2) is 12.1 Å². The Labute approximate surface area is 222 Å². The van der Waals surface area contributed by atoms with E-state index in [0.29, 0.717) is 21.7 Å². The van der Waals surface area contributed by atoms with Crippen LogP contribution in [0.5, 0.6) is 5.75 Å². The summed E-state index contributed by atoms with van der Waals surface area (Å²) in [4.78, 5) is 12.0. The van der Waals surface area contributed by atoms with Gasteiger partial charge in [-0.05, 0) is 92.7 Å². The minimum absolute atomic E-state index is 0.206. The van der Waals surface area contributed by atoms with Crippen molar-refractivity contribution in [2.75, 3.05) is 0 Å². The van der Waals surface area contributed by atoms with E-state index in [-0.39, 0.29) is 12.3 Å². The second kappa shape index (κ2) is 11.7. The van der Waals surface area contributed by atoms with Gasteiger partial charge in [-0.1, -0.05) is 53.0 Å². The molecule has 3 rings (SSSR count). The van der Waals surface area contributed by atoms with Crippen molar-refractivity contribution in [2.45, 2.75) is 13.0 Å². The third kappa shape index (κ3) is 7.49. The second-order valence-corrected chi connectivity index (χ2v) is 10.0. The van der Waals surface area contributed by atoms with Crippen molar-refractivity contribution in [1.82, 2.24) is 5.43 Å². The van der Waals surface area contributed by atoms with Gasteiger partial charge in [0.15, 0.2) is 0 Å². The van der Waals surface area contributed by atoms with Gasteiger partial charge < -0.3 is 4.74 Å². The molecule has 0 radical (unpaired) electrons. The van der Waals surface area contributed by atoms with Crippen LogP contribution >= 0.6 is 80.0 Å². The van der Waals surface area contributed by atoms with Crippen LogP contribution in [0.15, 0.2) is 59.7 Å². The molecule has 0 saturated heterocycles. The lowest BCUT2D eigenvalue weighted by molar-refractivity contribution is -0.120. The number of carbonyl (C=O) groups is 1. The Kier molecular flexibility index (Phi) is 9.27. The van der Waals surface area contributed by atoms with Gasteiger partial charge in [-0.15, -0.1) is 0 Å². The summed E-state index contributed by atoms with van der Waals surface area (Å²) >= 11 is 22.4. The SMILES string of the molecule is O=C(Cc1ccc(Cl)cc1)N/N=C\c1cc(I)c(OCc2ccc(Cl)cc2Cl)c(I)c1. The molecule has 0 aromatic heterocycles. The molecule has 0 heterocycles. The van der Waals surface area contributed by atoms with Crippen LogP contribution < -0.4 is 10.2 Å². The smallest absolute Gasteiger partial charge is 0.244 e. The number of nitrogens with one attached hydrogen (secondary N) is 1. The van der Waals surface area contributed by atoms with E-state index in [9.17, 15) is 4.79 Å². The van der Waals surface area contributed by atoms with Crippen LogP contribution in [0.4, 0.5) is 0 Å². The highest BCUT2D eigenvalue weighted by atomic mass is 127. The fraction of sp³-hybridized carbons (Fsp3) is 0.0909. The summed E-state index contributed by atoms with van der Waals surface area (Å²) in [6, 6.07) is 16.3. The number of ether oxygens (including phenoxy) is 1. The van der Waals surface area contributed by atoms with Gasteiger partial charge in [-0.2, -0.15) is 5.10 Å². The lowest BCUT2D eigenvalue weighted by atomic mass is 10.1. The van der Waals surface area contributed by atoms with Crippen LogP contribution in [0.1, 0.15) is 16.7 Å². The Balaban J connectivity index is 1.60. The molecule has 0 aliphatic rings. The Bertz CT molecular complexity index is 1100. The van der Waals surface area contributed by atoms with Crippen molar-refractivity contribution in [2.24, 2.45) is 5.10 Å². The molecule has 31 heavy (non-hydrogen) atoms. The highest BCUT2D eigenvalue weighted by Gasteiger charge is 2.10. The van der Waals surface area contributed by atoms with E-state index in [1.165, 1.54) is 0 Å². The molecule has 4 nitrogen and oxygen atoms in total. The Hall–Kier alpha value is -1.07. The summed E-state index contributed by atoms with van der Waals surface area (Å²) in [7, 11) is 0. The zero-order valence-electron chi connectivity index (χ0n) is 15.8.